The number of benzene rings is 1. The van der Waals surface area contributed by atoms with Gasteiger partial charge in [0.2, 0.25) is 0 Å². The Morgan fingerprint density at radius 2 is 1.90 bits per heavy atom. The summed E-state index contributed by atoms with van der Waals surface area (Å²) in [7, 11) is 1.90. The van der Waals surface area contributed by atoms with E-state index in [1.54, 1.807) is 12.1 Å². The van der Waals surface area contributed by atoms with Gasteiger partial charge in [-0.1, -0.05) is 18.2 Å². The maximum Gasteiger partial charge on any atom is 0.127 e. The molecule has 20 heavy (non-hydrogen) atoms. The number of aliphatic hydroxyl groups excluding tert-OH is 1. The molecule has 4 heteroatoms. The summed E-state index contributed by atoms with van der Waals surface area (Å²) >= 11 is 0. The summed E-state index contributed by atoms with van der Waals surface area (Å²) in [6.07, 6.45) is -0.478. The second kappa shape index (κ2) is 7.16. The van der Waals surface area contributed by atoms with Crippen LogP contribution in [0.1, 0.15) is 39.3 Å². The summed E-state index contributed by atoms with van der Waals surface area (Å²) in [5.41, 5.74) is 0.641. The predicted octanol–water partition coefficient (Wildman–Crippen LogP) is 2.57. The van der Waals surface area contributed by atoms with Gasteiger partial charge in [0, 0.05) is 30.2 Å². The highest BCUT2D eigenvalue weighted by atomic mass is 19.1. The summed E-state index contributed by atoms with van der Waals surface area (Å²) in [5.74, 6) is -0.200. The first kappa shape index (κ1) is 17.1. The zero-order valence-corrected chi connectivity index (χ0v) is 13.2. The van der Waals surface area contributed by atoms with Crippen molar-refractivity contribution in [1.29, 1.82) is 0 Å². The third-order valence-electron chi connectivity index (χ3n) is 3.38. The number of hydrogen-bond acceptors (Lipinski definition) is 3. The average Bonchev–Trinajstić information content (AvgIpc) is 2.35. The molecule has 0 bridgehead atoms. The minimum Gasteiger partial charge on any atom is -0.390 e. The number of rotatable bonds is 6. The van der Waals surface area contributed by atoms with E-state index in [9.17, 15) is 9.50 Å². The van der Waals surface area contributed by atoms with Gasteiger partial charge in [-0.15, -0.1) is 0 Å². The molecular formula is C16H27FN2O. The van der Waals surface area contributed by atoms with E-state index < -0.39 is 6.10 Å². The molecule has 0 amide bonds. The quantitative estimate of drug-likeness (QED) is 0.842. The summed E-state index contributed by atoms with van der Waals surface area (Å²) in [5, 5.41) is 13.3. The summed E-state index contributed by atoms with van der Waals surface area (Å²) in [6, 6.07) is 6.71. The third kappa shape index (κ3) is 5.57. The summed E-state index contributed by atoms with van der Waals surface area (Å²) in [4.78, 5) is 1.97. The Hall–Kier alpha value is -0.970. The van der Waals surface area contributed by atoms with Crippen molar-refractivity contribution in [1.82, 2.24) is 10.2 Å². The molecule has 2 unspecified atom stereocenters. The lowest BCUT2D eigenvalue weighted by atomic mass is 10.1. The van der Waals surface area contributed by atoms with Gasteiger partial charge in [0.15, 0.2) is 0 Å². The van der Waals surface area contributed by atoms with Gasteiger partial charge in [0.05, 0.1) is 6.10 Å². The number of nitrogens with zero attached hydrogens (tertiary/aromatic N) is 1. The van der Waals surface area contributed by atoms with E-state index >= 15 is 0 Å². The van der Waals surface area contributed by atoms with E-state index in [-0.39, 0.29) is 17.4 Å². The molecule has 0 aromatic heterocycles. The number of likely N-dealkylation sites (N-methyl/N-ethyl adjacent to an activating group) is 1. The monoisotopic (exact) mass is 282 g/mol. The van der Waals surface area contributed by atoms with Gasteiger partial charge in [0.1, 0.15) is 5.82 Å². The van der Waals surface area contributed by atoms with Crippen LogP contribution in [-0.2, 0) is 0 Å². The Balaban J connectivity index is 2.54. The van der Waals surface area contributed by atoms with Gasteiger partial charge in [-0.25, -0.2) is 4.39 Å². The molecule has 0 aliphatic carbocycles. The molecule has 1 rings (SSSR count). The lowest BCUT2D eigenvalue weighted by molar-refractivity contribution is 0.100. The second-order valence-electron chi connectivity index (χ2n) is 6.42. The SMILES string of the molecule is CC(c1ccccc1F)N(C)CC(O)CNC(C)(C)C. The molecule has 0 saturated heterocycles. The summed E-state index contributed by atoms with van der Waals surface area (Å²) < 4.78 is 13.7. The van der Waals surface area contributed by atoms with Crippen molar-refractivity contribution in [2.45, 2.75) is 45.4 Å². The van der Waals surface area contributed by atoms with Crippen LogP contribution in [0.5, 0.6) is 0 Å². The van der Waals surface area contributed by atoms with Gasteiger partial charge in [-0.05, 0) is 40.8 Å². The van der Waals surface area contributed by atoms with Crippen molar-refractivity contribution in [2.24, 2.45) is 0 Å². The van der Waals surface area contributed by atoms with Crippen LogP contribution in [0.25, 0.3) is 0 Å². The van der Waals surface area contributed by atoms with E-state index in [0.717, 1.165) is 0 Å². The molecule has 2 N–H and O–H groups in total. The summed E-state index contributed by atoms with van der Waals surface area (Å²) in [6.45, 7) is 9.15. The van der Waals surface area contributed by atoms with Crippen molar-refractivity contribution in [3.8, 4) is 0 Å². The molecule has 0 fully saturated rings. The lowest BCUT2D eigenvalue weighted by Gasteiger charge is -2.29. The first-order valence-corrected chi connectivity index (χ1v) is 7.08. The Morgan fingerprint density at radius 3 is 2.45 bits per heavy atom. The molecule has 0 aliphatic rings. The molecule has 0 radical (unpaired) electrons. The second-order valence-corrected chi connectivity index (χ2v) is 6.42. The maximum atomic E-state index is 13.7. The molecule has 0 aliphatic heterocycles. The van der Waals surface area contributed by atoms with Crippen molar-refractivity contribution in [3.63, 3.8) is 0 Å². The Morgan fingerprint density at radius 1 is 1.30 bits per heavy atom. The zero-order valence-electron chi connectivity index (χ0n) is 13.2. The largest absolute Gasteiger partial charge is 0.390 e. The van der Waals surface area contributed by atoms with Crippen LogP contribution in [0.2, 0.25) is 0 Å². The molecule has 3 nitrogen and oxygen atoms in total. The molecule has 2 atom stereocenters. The van der Waals surface area contributed by atoms with Crippen LogP contribution in [0.4, 0.5) is 4.39 Å². The van der Waals surface area contributed by atoms with Gasteiger partial charge >= 0.3 is 0 Å². The van der Waals surface area contributed by atoms with E-state index in [1.807, 2.05) is 24.9 Å². The van der Waals surface area contributed by atoms with Crippen molar-refractivity contribution < 1.29 is 9.50 Å². The number of hydrogen-bond donors (Lipinski definition) is 2. The minimum atomic E-state index is -0.478. The van der Waals surface area contributed by atoms with Gasteiger partial charge in [-0.3, -0.25) is 4.90 Å². The average molecular weight is 282 g/mol. The molecule has 0 spiro atoms. The molecule has 0 heterocycles. The van der Waals surface area contributed by atoms with Gasteiger partial charge in [0.25, 0.3) is 0 Å². The number of β-amino-alcohol motifs (C(OH)–C–C–N with tert-alkyl or cyclic N) is 1. The minimum absolute atomic E-state index is 0.0172. The van der Waals surface area contributed by atoms with Crippen LogP contribution >= 0.6 is 0 Å². The van der Waals surface area contributed by atoms with Crippen molar-refractivity contribution in [3.05, 3.63) is 35.6 Å². The standard InChI is InChI=1S/C16H27FN2O/c1-12(14-8-6-7-9-15(14)17)19(5)11-13(20)10-18-16(2,3)4/h6-9,12-13,18,20H,10-11H2,1-5H3. The first-order valence-electron chi connectivity index (χ1n) is 7.08. The molecule has 1 aromatic rings. The predicted molar refractivity (Wildman–Crippen MR) is 81.2 cm³/mol. The zero-order chi connectivity index (χ0) is 15.3. The fraction of sp³-hybridized carbons (Fsp3) is 0.625. The topological polar surface area (TPSA) is 35.5 Å². The van der Waals surface area contributed by atoms with Crippen molar-refractivity contribution >= 4 is 0 Å². The van der Waals surface area contributed by atoms with E-state index in [0.29, 0.717) is 18.7 Å². The fourth-order valence-corrected chi connectivity index (χ4v) is 2.03. The highest BCUT2D eigenvalue weighted by molar-refractivity contribution is 5.20. The lowest BCUT2D eigenvalue weighted by Crippen LogP contribution is -2.44. The number of halogens is 1. The molecule has 114 valence electrons. The van der Waals surface area contributed by atoms with Crippen LogP contribution in [0.15, 0.2) is 24.3 Å². The van der Waals surface area contributed by atoms with E-state index in [1.165, 1.54) is 6.07 Å². The highest BCUT2D eigenvalue weighted by Crippen LogP contribution is 2.21. The molecule has 1 aromatic carbocycles. The van der Waals surface area contributed by atoms with Crippen molar-refractivity contribution in [2.75, 3.05) is 20.1 Å². The Bertz CT molecular complexity index is 417. The Labute approximate surface area is 121 Å². The van der Waals surface area contributed by atoms with Crippen LogP contribution in [0, 0.1) is 5.82 Å². The molecule has 0 saturated carbocycles. The van der Waals surface area contributed by atoms with Crippen LogP contribution in [-0.4, -0.2) is 41.8 Å². The molecular weight excluding hydrogens is 255 g/mol. The highest BCUT2D eigenvalue weighted by Gasteiger charge is 2.19. The third-order valence-corrected chi connectivity index (χ3v) is 3.38. The van der Waals surface area contributed by atoms with Crippen LogP contribution < -0.4 is 5.32 Å². The first-order chi connectivity index (χ1) is 9.20. The number of aliphatic hydroxyl groups is 1. The fourth-order valence-electron chi connectivity index (χ4n) is 2.03. The van der Waals surface area contributed by atoms with Crippen LogP contribution in [0.3, 0.4) is 0 Å². The van der Waals surface area contributed by atoms with Gasteiger partial charge in [-0.2, -0.15) is 0 Å². The van der Waals surface area contributed by atoms with E-state index in [2.05, 4.69) is 26.1 Å². The Kier molecular flexibility index (Phi) is 6.11. The maximum absolute atomic E-state index is 13.7. The van der Waals surface area contributed by atoms with E-state index in [4.69, 9.17) is 0 Å². The van der Waals surface area contributed by atoms with Gasteiger partial charge < -0.3 is 10.4 Å². The smallest absolute Gasteiger partial charge is 0.127 e. The number of nitrogens with one attached hydrogen (secondary N) is 1. The normalized spacial score (nSPS) is 15.4.